The van der Waals surface area contributed by atoms with E-state index in [1.165, 1.54) is 12.1 Å². The van der Waals surface area contributed by atoms with Crippen LogP contribution in [0.15, 0.2) is 41.2 Å². The number of hydrogen-bond acceptors (Lipinski definition) is 4. The molecule has 2 N–H and O–H groups in total. The summed E-state index contributed by atoms with van der Waals surface area (Å²) in [5.41, 5.74) is -2.95. The number of nitrogens with zero attached hydrogens (tertiary/aromatic N) is 2. The number of hydrogen-bond donors (Lipinski definition) is 2. The quantitative estimate of drug-likeness (QED) is 0.738. The maximum atomic E-state index is 13.7. The smallest absolute Gasteiger partial charge is 0.307 e. The molecule has 0 amide bonds. The van der Waals surface area contributed by atoms with Crippen molar-refractivity contribution in [1.29, 1.82) is 0 Å². The largest absolute Gasteiger partial charge is 0.481 e. The summed E-state index contributed by atoms with van der Waals surface area (Å²) in [6.45, 7) is 0. The van der Waals surface area contributed by atoms with E-state index in [1.54, 1.807) is 12.1 Å². The number of carboxylic acids is 1. The highest BCUT2D eigenvalue weighted by molar-refractivity contribution is 5.79. The average molecular weight is 344 g/mol. The van der Waals surface area contributed by atoms with Crippen molar-refractivity contribution in [3.63, 3.8) is 0 Å². The van der Waals surface area contributed by atoms with Crippen molar-refractivity contribution in [2.45, 2.75) is 12.0 Å². The SMILES string of the molecule is O=C(O)C[C@]1(O)c2cc(F)c(F)cc2-n2c1nc1ccccc1c2=O. The average Bonchev–Trinajstić information content (AvgIpc) is 2.77. The van der Waals surface area contributed by atoms with Crippen LogP contribution in [-0.2, 0) is 10.4 Å². The van der Waals surface area contributed by atoms with Crippen LogP contribution in [-0.4, -0.2) is 25.7 Å². The van der Waals surface area contributed by atoms with Crippen LogP contribution in [0, 0.1) is 11.6 Å². The fourth-order valence-electron chi connectivity index (χ4n) is 3.20. The molecule has 0 aliphatic carbocycles. The molecule has 1 aromatic heterocycles. The highest BCUT2D eigenvalue weighted by Crippen LogP contribution is 2.42. The lowest BCUT2D eigenvalue weighted by Gasteiger charge is -2.21. The number of carbonyl (C=O) groups is 1. The summed E-state index contributed by atoms with van der Waals surface area (Å²) in [5, 5.41) is 20.3. The molecule has 25 heavy (non-hydrogen) atoms. The minimum absolute atomic E-state index is 0.124. The molecule has 1 atom stereocenters. The number of aliphatic carboxylic acids is 1. The third-order valence-electron chi connectivity index (χ3n) is 4.28. The van der Waals surface area contributed by atoms with E-state index in [4.69, 9.17) is 5.11 Å². The minimum Gasteiger partial charge on any atom is -0.481 e. The summed E-state index contributed by atoms with van der Waals surface area (Å²) < 4.78 is 28.4. The summed E-state index contributed by atoms with van der Waals surface area (Å²) in [7, 11) is 0. The second-order valence-corrected chi connectivity index (χ2v) is 5.81. The van der Waals surface area contributed by atoms with Gasteiger partial charge in [0.05, 0.1) is 23.0 Å². The number of fused-ring (bicyclic) bond motifs is 4. The van der Waals surface area contributed by atoms with Gasteiger partial charge in [0.2, 0.25) is 0 Å². The zero-order valence-corrected chi connectivity index (χ0v) is 12.5. The normalized spacial score (nSPS) is 18.2. The lowest BCUT2D eigenvalue weighted by atomic mass is 9.91. The molecule has 126 valence electrons. The zero-order chi connectivity index (χ0) is 17.9. The molecule has 3 aromatic rings. The first-order valence-electron chi connectivity index (χ1n) is 7.29. The third-order valence-corrected chi connectivity index (χ3v) is 4.28. The third kappa shape index (κ3) is 2.01. The van der Waals surface area contributed by atoms with Crippen LogP contribution >= 0.6 is 0 Å². The number of aliphatic hydroxyl groups is 1. The predicted molar refractivity (Wildman–Crippen MR) is 82.5 cm³/mol. The Kier molecular flexibility index (Phi) is 3.04. The van der Waals surface area contributed by atoms with Crippen molar-refractivity contribution >= 4 is 16.9 Å². The Bertz CT molecular complexity index is 1130. The van der Waals surface area contributed by atoms with Gasteiger partial charge in [-0.15, -0.1) is 0 Å². The molecule has 4 rings (SSSR count). The highest BCUT2D eigenvalue weighted by atomic mass is 19.2. The molecule has 1 aliphatic heterocycles. The molecule has 8 heteroatoms. The van der Waals surface area contributed by atoms with Gasteiger partial charge >= 0.3 is 5.97 Å². The van der Waals surface area contributed by atoms with Crippen molar-refractivity contribution in [2.75, 3.05) is 0 Å². The van der Waals surface area contributed by atoms with E-state index in [9.17, 15) is 23.5 Å². The monoisotopic (exact) mass is 344 g/mol. The molecule has 0 saturated heterocycles. The van der Waals surface area contributed by atoms with Gasteiger partial charge in [0.15, 0.2) is 23.1 Å². The summed E-state index contributed by atoms with van der Waals surface area (Å²) in [6.07, 6.45) is -0.851. The van der Waals surface area contributed by atoms with Gasteiger partial charge in [-0.05, 0) is 18.2 Å². The first kappa shape index (κ1) is 15.4. The van der Waals surface area contributed by atoms with Crippen molar-refractivity contribution in [1.82, 2.24) is 9.55 Å². The fourth-order valence-corrected chi connectivity index (χ4v) is 3.20. The molecule has 0 fully saturated rings. The first-order chi connectivity index (χ1) is 11.8. The van der Waals surface area contributed by atoms with E-state index in [0.717, 1.165) is 10.6 Å². The van der Waals surface area contributed by atoms with Crippen molar-refractivity contribution in [3.05, 3.63) is 69.8 Å². The molecule has 1 aliphatic rings. The van der Waals surface area contributed by atoms with E-state index in [-0.39, 0.29) is 28.0 Å². The Hall–Kier alpha value is -3.13. The van der Waals surface area contributed by atoms with Gasteiger partial charge < -0.3 is 10.2 Å². The molecule has 0 unspecified atom stereocenters. The standard InChI is InChI=1S/C17H10F2N2O4/c18-10-5-9-13(6-11(10)19)21-15(24)8-3-1-2-4-12(8)20-16(21)17(9,25)7-14(22)23/h1-6,25H,7H2,(H,22,23)/t17-/m0/s1. The molecule has 2 heterocycles. The van der Waals surface area contributed by atoms with E-state index < -0.39 is 35.2 Å². The number of halogens is 2. The van der Waals surface area contributed by atoms with Crippen LogP contribution in [0.25, 0.3) is 16.6 Å². The van der Waals surface area contributed by atoms with E-state index >= 15 is 0 Å². The first-order valence-corrected chi connectivity index (χ1v) is 7.29. The van der Waals surface area contributed by atoms with Gasteiger partial charge in [-0.3, -0.25) is 14.2 Å². The summed E-state index contributed by atoms with van der Waals surface area (Å²) >= 11 is 0. The van der Waals surface area contributed by atoms with E-state index in [0.29, 0.717) is 6.07 Å². The van der Waals surface area contributed by atoms with Gasteiger partial charge in [-0.25, -0.2) is 13.8 Å². The second-order valence-electron chi connectivity index (χ2n) is 5.81. The van der Waals surface area contributed by atoms with Gasteiger partial charge in [0.1, 0.15) is 0 Å². The zero-order valence-electron chi connectivity index (χ0n) is 12.5. The molecule has 0 radical (unpaired) electrons. The van der Waals surface area contributed by atoms with Crippen LogP contribution in [0.1, 0.15) is 17.8 Å². The molecular formula is C17H10F2N2O4. The van der Waals surface area contributed by atoms with Crippen molar-refractivity contribution in [2.24, 2.45) is 0 Å². The number of rotatable bonds is 2. The molecule has 0 spiro atoms. The Balaban J connectivity index is 2.18. The van der Waals surface area contributed by atoms with Gasteiger partial charge in [0, 0.05) is 11.6 Å². The lowest BCUT2D eigenvalue weighted by molar-refractivity contribution is -0.141. The van der Waals surface area contributed by atoms with Gasteiger partial charge in [-0.2, -0.15) is 0 Å². The number of benzene rings is 2. The van der Waals surface area contributed by atoms with Crippen LogP contribution in [0.5, 0.6) is 0 Å². The number of para-hydroxylation sites is 1. The predicted octanol–water partition coefficient (Wildman–Crippen LogP) is 1.69. The van der Waals surface area contributed by atoms with E-state index in [1.807, 2.05) is 0 Å². The molecule has 6 nitrogen and oxygen atoms in total. The Morgan fingerprint density at radius 2 is 1.88 bits per heavy atom. The molecule has 0 saturated carbocycles. The Morgan fingerprint density at radius 1 is 1.20 bits per heavy atom. The lowest BCUT2D eigenvalue weighted by Crippen LogP contribution is -2.32. The van der Waals surface area contributed by atoms with Crippen LogP contribution in [0.3, 0.4) is 0 Å². The van der Waals surface area contributed by atoms with Crippen LogP contribution < -0.4 is 5.56 Å². The van der Waals surface area contributed by atoms with Gasteiger partial charge in [0.25, 0.3) is 5.56 Å². The molecule has 0 bridgehead atoms. The molecular weight excluding hydrogens is 334 g/mol. The number of aromatic nitrogens is 2. The minimum atomic E-state index is -2.25. The molecule has 2 aromatic carbocycles. The van der Waals surface area contributed by atoms with Crippen molar-refractivity contribution < 1.29 is 23.8 Å². The van der Waals surface area contributed by atoms with Crippen LogP contribution in [0.2, 0.25) is 0 Å². The number of carboxylic acid groups (broad SMARTS) is 1. The second kappa shape index (κ2) is 4.93. The Morgan fingerprint density at radius 3 is 2.60 bits per heavy atom. The summed E-state index contributed by atoms with van der Waals surface area (Å²) in [6, 6.07) is 7.74. The van der Waals surface area contributed by atoms with Crippen LogP contribution in [0.4, 0.5) is 8.78 Å². The topological polar surface area (TPSA) is 92.4 Å². The maximum Gasteiger partial charge on any atom is 0.307 e. The maximum absolute atomic E-state index is 13.7. The summed E-state index contributed by atoms with van der Waals surface area (Å²) in [5.74, 6) is -4.13. The van der Waals surface area contributed by atoms with E-state index in [2.05, 4.69) is 4.98 Å². The fraction of sp³-hybridized carbons (Fsp3) is 0.118. The van der Waals surface area contributed by atoms with Crippen molar-refractivity contribution in [3.8, 4) is 5.69 Å². The van der Waals surface area contributed by atoms with Gasteiger partial charge in [-0.1, -0.05) is 12.1 Å². The highest BCUT2D eigenvalue weighted by Gasteiger charge is 2.47. The Labute approximate surface area is 138 Å². The summed E-state index contributed by atoms with van der Waals surface area (Å²) in [4.78, 5) is 28.2.